The molecule has 4 aromatic rings. The van der Waals surface area contributed by atoms with Crippen LogP contribution in [-0.4, -0.2) is 31.7 Å². The Morgan fingerprint density at radius 2 is 2.06 bits per heavy atom. The first kappa shape index (κ1) is 21.4. The van der Waals surface area contributed by atoms with Gasteiger partial charge in [0.15, 0.2) is 5.65 Å². The van der Waals surface area contributed by atoms with Crippen molar-refractivity contribution in [2.45, 2.75) is 33.2 Å². The van der Waals surface area contributed by atoms with Gasteiger partial charge in [0.1, 0.15) is 29.5 Å². The maximum absolute atomic E-state index is 13.7. The number of nitrogens with one attached hydrogen (secondary N) is 1. The van der Waals surface area contributed by atoms with Crippen LogP contribution in [-0.2, 0) is 13.0 Å². The maximum Gasteiger partial charge on any atom is 0.170 e. The molecule has 31 heavy (non-hydrogen) atoms. The fourth-order valence-corrected chi connectivity index (χ4v) is 4.26. The number of pyridine rings is 1. The van der Waals surface area contributed by atoms with Crippen LogP contribution in [0, 0.1) is 16.3 Å². The number of hydrogen-bond acceptors (Lipinski definition) is 6. The lowest BCUT2D eigenvalue weighted by atomic mass is 10.1. The molecule has 7 nitrogen and oxygen atoms in total. The first-order chi connectivity index (χ1) is 15.0. The highest BCUT2D eigenvalue weighted by molar-refractivity contribution is 14.1. The van der Waals surface area contributed by atoms with Crippen LogP contribution in [0.5, 0.6) is 5.75 Å². The molecule has 0 spiro atoms. The average molecular weight is 532 g/mol. The molecule has 0 saturated heterocycles. The number of nitrogens with zero attached hydrogens (tertiary/aromatic N) is 5. The zero-order valence-corrected chi connectivity index (χ0v) is 19.6. The number of benzene rings is 1. The van der Waals surface area contributed by atoms with Crippen LogP contribution in [0.3, 0.4) is 0 Å². The van der Waals surface area contributed by atoms with Crippen LogP contribution in [0.4, 0.5) is 10.2 Å². The zero-order valence-electron chi connectivity index (χ0n) is 17.5. The zero-order chi connectivity index (χ0) is 22.0. The predicted octanol–water partition coefficient (Wildman–Crippen LogP) is 4.81. The van der Waals surface area contributed by atoms with Crippen LogP contribution in [0.15, 0.2) is 36.8 Å². The standard InChI is InChI=1S/C22H22FIN6O/c1-4-5-20-25-10-16(13(2)28-20)15-6-7-21(30-12-27-29-22(15)30)26-11-17-18(24)8-14(23)9-19(17)31-3/h6-10,12,26H,4-5,11H2,1-3H3. The SMILES string of the molecule is CCCc1ncc(-c2ccc(NCc3c(I)cc(F)cc3OC)n3cnnc23)c(C)n1. The van der Waals surface area contributed by atoms with Gasteiger partial charge in [0.25, 0.3) is 0 Å². The second-order valence-corrected chi connectivity index (χ2v) is 8.28. The van der Waals surface area contributed by atoms with E-state index in [-0.39, 0.29) is 5.82 Å². The van der Waals surface area contributed by atoms with Crippen molar-refractivity contribution in [1.29, 1.82) is 0 Å². The van der Waals surface area contributed by atoms with Crippen LogP contribution in [0.1, 0.15) is 30.4 Å². The van der Waals surface area contributed by atoms with Crippen molar-refractivity contribution < 1.29 is 9.13 Å². The number of aryl methyl sites for hydroxylation is 2. The van der Waals surface area contributed by atoms with E-state index in [9.17, 15) is 4.39 Å². The van der Waals surface area contributed by atoms with E-state index in [0.29, 0.717) is 17.9 Å². The molecule has 1 aromatic carbocycles. The highest BCUT2D eigenvalue weighted by Crippen LogP contribution is 2.29. The summed E-state index contributed by atoms with van der Waals surface area (Å²) in [5.41, 5.74) is 4.35. The summed E-state index contributed by atoms with van der Waals surface area (Å²) in [6.45, 7) is 4.56. The van der Waals surface area contributed by atoms with Crippen LogP contribution >= 0.6 is 22.6 Å². The van der Waals surface area contributed by atoms with Crippen molar-refractivity contribution >= 4 is 34.1 Å². The molecule has 0 aliphatic rings. The molecule has 3 aromatic heterocycles. The number of hydrogen-bond donors (Lipinski definition) is 1. The van der Waals surface area contributed by atoms with Gasteiger partial charge in [-0.2, -0.15) is 0 Å². The molecular weight excluding hydrogens is 510 g/mol. The monoisotopic (exact) mass is 532 g/mol. The Bertz CT molecular complexity index is 1240. The van der Waals surface area contributed by atoms with E-state index >= 15 is 0 Å². The average Bonchev–Trinajstić information content (AvgIpc) is 3.23. The van der Waals surface area contributed by atoms with Gasteiger partial charge in [0.05, 0.1) is 7.11 Å². The first-order valence-corrected chi connectivity index (χ1v) is 11.0. The van der Waals surface area contributed by atoms with Gasteiger partial charge < -0.3 is 10.1 Å². The summed E-state index contributed by atoms with van der Waals surface area (Å²) in [4.78, 5) is 9.14. The Labute approximate surface area is 193 Å². The van der Waals surface area contributed by atoms with E-state index in [1.165, 1.54) is 19.2 Å². The van der Waals surface area contributed by atoms with Gasteiger partial charge in [-0.25, -0.2) is 14.4 Å². The smallest absolute Gasteiger partial charge is 0.170 e. The first-order valence-electron chi connectivity index (χ1n) is 9.93. The molecule has 3 heterocycles. The molecule has 160 valence electrons. The molecular formula is C22H22FIN6O. The van der Waals surface area contributed by atoms with Crippen molar-refractivity contribution in [3.63, 3.8) is 0 Å². The van der Waals surface area contributed by atoms with Crippen LogP contribution in [0.25, 0.3) is 16.8 Å². The molecule has 0 radical (unpaired) electrons. The normalized spacial score (nSPS) is 11.1. The number of ether oxygens (including phenoxy) is 1. The molecule has 0 amide bonds. The van der Waals surface area contributed by atoms with E-state index < -0.39 is 0 Å². The Balaban J connectivity index is 1.67. The minimum absolute atomic E-state index is 0.321. The summed E-state index contributed by atoms with van der Waals surface area (Å²) in [7, 11) is 1.54. The number of aromatic nitrogens is 5. The molecule has 0 saturated carbocycles. The molecule has 0 bridgehead atoms. The van der Waals surface area contributed by atoms with Gasteiger partial charge in [-0.3, -0.25) is 4.40 Å². The van der Waals surface area contributed by atoms with Crippen molar-refractivity contribution in [3.8, 4) is 16.9 Å². The summed E-state index contributed by atoms with van der Waals surface area (Å²) >= 11 is 2.11. The molecule has 0 unspecified atom stereocenters. The number of rotatable bonds is 7. The number of anilines is 1. The van der Waals surface area contributed by atoms with Crippen LogP contribution < -0.4 is 10.1 Å². The van der Waals surface area contributed by atoms with E-state index in [1.807, 2.05) is 29.7 Å². The molecule has 4 rings (SSSR count). The lowest BCUT2D eigenvalue weighted by Gasteiger charge is -2.15. The molecule has 0 atom stereocenters. The Hall–Kier alpha value is -2.82. The summed E-state index contributed by atoms with van der Waals surface area (Å²) < 4.78 is 21.7. The molecule has 0 aliphatic carbocycles. The number of fused-ring (bicyclic) bond motifs is 1. The lowest BCUT2D eigenvalue weighted by molar-refractivity contribution is 0.406. The van der Waals surface area contributed by atoms with Crippen molar-refractivity contribution in [2.24, 2.45) is 0 Å². The minimum Gasteiger partial charge on any atom is -0.496 e. The molecule has 0 fully saturated rings. The lowest BCUT2D eigenvalue weighted by Crippen LogP contribution is -2.08. The van der Waals surface area contributed by atoms with Crippen LogP contribution in [0.2, 0.25) is 0 Å². The van der Waals surface area contributed by atoms with E-state index in [2.05, 4.69) is 55.0 Å². The van der Waals surface area contributed by atoms with Crippen molar-refractivity contribution in [1.82, 2.24) is 24.6 Å². The Morgan fingerprint density at radius 3 is 2.81 bits per heavy atom. The third-order valence-corrected chi connectivity index (χ3v) is 6.00. The molecule has 1 N–H and O–H groups in total. The van der Waals surface area contributed by atoms with Gasteiger partial charge in [0.2, 0.25) is 0 Å². The largest absolute Gasteiger partial charge is 0.496 e. The second kappa shape index (κ2) is 9.13. The van der Waals surface area contributed by atoms with E-state index in [0.717, 1.165) is 50.4 Å². The number of halogens is 2. The highest BCUT2D eigenvalue weighted by atomic mass is 127. The topological polar surface area (TPSA) is 77.2 Å². The fourth-order valence-electron chi connectivity index (χ4n) is 3.50. The van der Waals surface area contributed by atoms with E-state index in [4.69, 9.17) is 4.74 Å². The predicted molar refractivity (Wildman–Crippen MR) is 126 cm³/mol. The third kappa shape index (κ3) is 4.32. The Kier molecular flexibility index (Phi) is 6.30. The maximum atomic E-state index is 13.7. The van der Waals surface area contributed by atoms with Crippen molar-refractivity contribution in [2.75, 3.05) is 12.4 Å². The highest BCUT2D eigenvalue weighted by Gasteiger charge is 2.15. The quantitative estimate of drug-likeness (QED) is 0.345. The number of methoxy groups -OCH3 is 1. The van der Waals surface area contributed by atoms with Gasteiger partial charge in [-0.15, -0.1) is 10.2 Å². The summed E-state index contributed by atoms with van der Waals surface area (Å²) in [5.74, 6) is 1.85. The molecule has 0 aliphatic heterocycles. The summed E-state index contributed by atoms with van der Waals surface area (Å²) in [6, 6.07) is 6.84. The van der Waals surface area contributed by atoms with Gasteiger partial charge in [-0.1, -0.05) is 6.92 Å². The van der Waals surface area contributed by atoms with Gasteiger partial charge >= 0.3 is 0 Å². The summed E-state index contributed by atoms with van der Waals surface area (Å²) in [5, 5.41) is 11.8. The minimum atomic E-state index is -0.321. The Morgan fingerprint density at radius 1 is 1.23 bits per heavy atom. The molecule has 9 heteroatoms. The van der Waals surface area contributed by atoms with E-state index in [1.54, 1.807) is 6.33 Å². The summed E-state index contributed by atoms with van der Waals surface area (Å²) in [6.07, 6.45) is 5.38. The third-order valence-electron chi connectivity index (χ3n) is 5.03. The van der Waals surface area contributed by atoms with Gasteiger partial charge in [0, 0.05) is 51.2 Å². The van der Waals surface area contributed by atoms with Gasteiger partial charge in [-0.05, 0) is 54.1 Å². The second-order valence-electron chi connectivity index (χ2n) is 7.11. The fraction of sp³-hybridized carbons (Fsp3) is 0.273. The van der Waals surface area contributed by atoms with Crippen molar-refractivity contribution in [3.05, 3.63) is 63.3 Å².